The van der Waals surface area contributed by atoms with E-state index in [-0.39, 0.29) is 6.10 Å². The van der Waals surface area contributed by atoms with Crippen LogP contribution in [0.2, 0.25) is 0 Å². The summed E-state index contributed by atoms with van der Waals surface area (Å²) in [5.74, 6) is 0. The highest BCUT2D eigenvalue weighted by atomic mass is 32.1. The maximum absolute atomic E-state index is 9.41. The van der Waals surface area contributed by atoms with Gasteiger partial charge in [-0.3, -0.25) is 9.30 Å². The number of hydrogen-bond acceptors (Lipinski definition) is 4. The zero-order chi connectivity index (χ0) is 10.3. The molecule has 1 atom stereocenters. The number of aliphatic hydroxyl groups excluding tert-OH is 1. The molecule has 0 amide bonds. The van der Waals surface area contributed by atoms with Gasteiger partial charge in [-0.15, -0.1) is 11.3 Å². The number of aromatic nitrogens is 2. The molecule has 0 radical (unpaired) electrons. The Hall–Kier alpha value is -0.910. The second kappa shape index (κ2) is 3.59. The van der Waals surface area contributed by atoms with Crippen LogP contribution >= 0.6 is 11.3 Å². The molecule has 15 heavy (non-hydrogen) atoms. The molecule has 3 heterocycles. The molecular formula is C10H13N3OS. The zero-order valence-electron chi connectivity index (χ0n) is 8.33. The van der Waals surface area contributed by atoms with Crippen LogP contribution < -0.4 is 0 Å². The molecule has 0 aromatic carbocycles. The minimum Gasteiger partial charge on any atom is -0.392 e. The van der Waals surface area contributed by atoms with Crippen LogP contribution in [-0.2, 0) is 6.54 Å². The molecule has 2 aromatic heterocycles. The summed E-state index contributed by atoms with van der Waals surface area (Å²) in [6.45, 7) is 2.61. The van der Waals surface area contributed by atoms with Crippen LogP contribution in [0, 0.1) is 0 Å². The molecule has 1 N–H and O–H groups in total. The number of thiazole rings is 1. The van der Waals surface area contributed by atoms with Crippen molar-refractivity contribution in [2.75, 3.05) is 13.1 Å². The quantitative estimate of drug-likeness (QED) is 0.824. The Bertz CT molecular complexity index is 435. The Labute approximate surface area is 91.8 Å². The molecule has 0 unspecified atom stereocenters. The van der Waals surface area contributed by atoms with Gasteiger partial charge in [0.2, 0.25) is 0 Å². The van der Waals surface area contributed by atoms with Crippen LogP contribution in [0.4, 0.5) is 0 Å². The summed E-state index contributed by atoms with van der Waals surface area (Å²) in [5.41, 5.74) is 1.09. The maximum atomic E-state index is 9.41. The van der Waals surface area contributed by atoms with E-state index in [1.165, 1.54) is 0 Å². The Morgan fingerprint density at radius 1 is 1.60 bits per heavy atom. The van der Waals surface area contributed by atoms with E-state index in [1.807, 2.05) is 16.0 Å². The molecular weight excluding hydrogens is 210 g/mol. The Morgan fingerprint density at radius 2 is 2.53 bits per heavy atom. The molecule has 0 aliphatic carbocycles. The molecule has 4 nitrogen and oxygen atoms in total. The van der Waals surface area contributed by atoms with E-state index in [0.717, 1.165) is 36.7 Å². The molecule has 1 fully saturated rings. The third-order valence-corrected chi connectivity index (χ3v) is 3.55. The topological polar surface area (TPSA) is 40.8 Å². The molecule has 3 rings (SSSR count). The lowest BCUT2D eigenvalue weighted by Gasteiger charge is -2.12. The van der Waals surface area contributed by atoms with Crippen LogP contribution in [0.5, 0.6) is 0 Å². The van der Waals surface area contributed by atoms with Gasteiger partial charge in [0.25, 0.3) is 0 Å². The lowest BCUT2D eigenvalue weighted by molar-refractivity contribution is 0.174. The number of imidazole rings is 1. The van der Waals surface area contributed by atoms with Gasteiger partial charge in [0, 0.05) is 37.4 Å². The Morgan fingerprint density at radius 3 is 3.27 bits per heavy atom. The van der Waals surface area contributed by atoms with Gasteiger partial charge in [-0.25, -0.2) is 4.98 Å². The molecule has 80 valence electrons. The van der Waals surface area contributed by atoms with Crippen LogP contribution in [0.15, 0.2) is 17.8 Å². The third kappa shape index (κ3) is 1.78. The summed E-state index contributed by atoms with van der Waals surface area (Å²) < 4.78 is 2.05. The van der Waals surface area contributed by atoms with E-state index in [4.69, 9.17) is 0 Å². The number of aliphatic hydroxyl groups is 1. The van der Waals surface area contributed by atoms with E-state index >= 15 is 0 Å². The van der Waals surface area contributed by atoms with Crippen molar-refractivity contribution in [1.29, 1.82) is 0 Å². The molecule has 1 aliphatic heterocycles. The first-order valence-electron chi connectivity index (χ1n) is 5.13. The van der Waals surface area contributed by atoms with E-state index in [1.54, 1.807) is 11.3 Å². The lowest BCUT2D eigenvalue weighted by Crippen LogP contribution is -2.21. The first kappa shape index (κ1) is 9.33. The fourth-order valence-electron chi connectivity index (χ4n) is 2.04. The van der Waals surface area contributed by atoms with Gasteiger partial charge in [0.1, 0.15) is 0 Å². The highest BCUT2D eigenvalue weighted by molar-refractivity contribution is 7.15. The van der Waals surface area contributed by atoms with Crippen molar-refractivity contribution in [1.82, 2.24) is 14.3 Å². The van der Waals surface area contributed by atoms with Crippen molar-refractivity contribution >= 4 is 16.3 Å². The molecule has 5 heteroatoms. The molecule has 0 spiro atoms. The van der Waals surface area contributed by atoms with E-state index in [2.05, 4.69) is 16.1 Å². The van der Waals surface area contributed by atoms with Gasteiger partial charge in [-0.1, -0.05) is 0 Å². The van der Waals surface area contributed by atoms with Gasteiger partial charge >= 0.3 is 0 Å². The van der Waals surface area contributed by atoms with Crippen LogP contribution in [0.25, 0.3) is 4.96 Å². The van der Waals surface area contributed by atoms with Crippen molar-refractivity contribution in [3.63, 3.8) is 0 Å². The molecule has 1 saturated heterocycles. The molecule has 2 aromatic rings. The van der Waals surface area contributed by atoms with Crippen molar-refractivity contribution in [3.05, 3.63) is 23.5 Å². The standard InChI is InChI=1S/C10H13N3OS/c14-9-1-2-12(7-9)5-8-6-13-3-4-15-10(13)11-8/h3-4,6,9,14H,1-2,5,7H2/t9-/m0/s1. The predicted molar refractivity (Wildman–Crippen MR) is 59.0 cm³/mol. The summed E-state index contributed by atoms with van der Waals surface area (Å²) in [5, 5.41) is 11.4. The molecule has 0 saturated carbocycles. The number of hydrogen-bond donors (Lipinski definition) is 1. The fraction of sp³-hybridized carbons (Fsp3) is 0.500. The highest BCUT2D eigenvalue weighted by Crippen LogP contribution is 2.15. The van der Waals surface area contributed by atoms with Crippen LogP contribution in [0.3, 0.4) is 0 Å². The second-order valence-electron chi connectivity index (χ2n) is 4.00. The SMILES string of the molecule is O[C@H]1CCN(Cc2cn3ccsc3n2)C1. The number of β-amino-alcohol motifs (C(OH)–C–C–N with tert-alkyl or cyclic N) is 1. The summed E-state index contributed by atoms with van der Waals surface area (Å²) in [4.78, 5) is 7.81. The third-order valence-electron chi connectivity index (χ3n) is 2.78. The number of nitrogens with zero attached hydrogens (tertiary/aromatic N) is 3. The van der Waals surface area contributed by atoms with Crippen LogP contribution in [0.1, 0.15) is 12.1 Å². The monoisotopic (exact) mass is 223 g/mol. The smallest absolute Gasteiger partial charge is 0.193 e. The van der Waals surface area contributed by atoms with Crippen molar-refractivity contribution in [3.8, 4) is 0 Å². The largest absolute Gasteiger partial charge is 0.392 e. The normalized spacial score (nSPS) is 22.9. The minimum absolute atomic E-state index is 0.145. The van der Waals surface area contributed by atoms with Gasteiger partial charge in [-0.2, -0.15) is 0 Å². The Kier molecular flexibility index (Phi) is 2.23. The maximum Gasteiger partial charge on any atom is 0.193 e. The zero-order valence-corrected chi connectivity index (χ0v) is 9.15. The average Bonchev–Trinajstić information content (AvgIpc) is 2.81. The molecule has 1 aliphatic rings. The predicted octanol–water partition coefficient (Wildman–Crippen LogP) is 0.962. The number of likely N-dealkylation sites (tertiary alicyclic amines) is 1. The average molecular weight is 223 g/mol. The first-order valence-corrected chi connectivity index (χ1v) is 6.01. The van der Waals surface area contributed by atoms with E-state index in [0.29, 0.717) is 0 Å². The summed E-state index contributed by atoms with van der Waals surface area (Å²) in [6.07, 6.45) is 4.84. The van der Waals surface area contributed by atoms with Gasteiger partial charge in [0.15, 0.2) is 4.96 Å². The van der Waals surface area contributed by atoms with Gasteiger partial charge < -0.3 is 5.11 Å². The van der Waals surface area contributed by atoms with Crippen molar-refractivity contribution < 1.29 is 5.11 Å². The minimum atomic E-state index is -0.145. The number of fused-ring (bicyclic) bond motifs is 1. The van der Waals surface area contributed by atoms with Crippen molar-refractivity contribution in [2.45, 2.75) is 19.1 Å². The van der Waals surface area contributed by atoms with E-state index < -0.39 is 0 Å². The lowest BCUT2D eigenvalue weighted by atomic mass is 10.3. The van der Waals surface area contributed by atoms with Crippen molar-refractivity contribution in [2.24, 2.45) is 0 Å². The summed E-state index contributed by atoms with van der Waals surface area (Å²) in [7, 11) is 0. The van der Waals surface area contributed by atoms with Gasteiger partial charge in [-0.05, 0) is 6.42 Å². The highest BCUT2D eigenvalue weighted by Gasteiger charge is 2.20. The molecule has 0 bridgehead atoms. The second-order valence-corrected chi connectivity index (χ2v) is 4.88. The fourth-order valence-corrected chi connectivity index (χ4v) is 2.76. The first-order chi connectivity index (χ1) is 7.31. The summed E-state index contributed by atoms with van der Waals surface area (Å²) >= 11 is 1.65. The van der Waals surface area contributed by atoms with E-state index in [9.17, 15) is 5.11 Å². The Balaban J connectivity index is 1.75. The van der Waals surface area contributed by atoms with Crippen LogP contribution in [-0.4, -0.2) is 38.6 Å². The summed E-state index contributed by atoms with van der Waals surface area (Å²) in [6, 6.07) is 0. The van der Waals surface area contributed by atoms with Gasteiger partial charge in [0.05, 0.1) is 11.8 Å². The number of rotatable bonds is 2.